The molecule has 1 saturated heterocycles. The van der Waals surface area contributed by atoms with Crippen LogP contribution >= 0.6 is 11.3 Å². The van der Waals surface area contributed by atoms with Gasteiger partial charge in [-0.1, -0.05) is 12.1 Å². The van der Waals surface area contributed by atoms with Crippen LogP contribution in [0.15, 0.2) is 35.7 Å². The predicted molar refractivity (Wildman–Crippen MR) is 89.7 cm³/mol. The van der Waals surface area contributed by atoms with Gasteiger partial charge in [0.2, 0.25) is 0 Å². The minimum absolute atomic E-state index is 0.477. The Labute approximate surface area is 147 Å². The van der Waals surface area contributed by atoms with E-state index < -0.39 is 29.8 Å². The van der Waals surface area contributed by atoms with Crippen LogP contribution < -0.4 is 0 Å². The maximum absolute atomic E-state index is 13.1. The SMILES string of the molecule is Cc1csc(C(c2cccc(C(F)(F)F)c2)N2CCCC2C(=O)O)c1. The quantitative estimate of drug-likeness (QED) is 0.848. The van der Waals surface area contributed by atoms with Crippen LogP contribution in [0.4, 0.5) is 13.2 Å². The van der Waals surface area contributed by atoms with E-state index in [2.05, 4.69) is 0 Å². The average molecular weight is 369 g/mol. The number of hydrogen-bond acceptors (Lipinski definition) is 3. The number of alkyl halides is 3. The van der Waals surface area contributed by atoms with E-state index in [4.69, 9.17) is 0 Å². The highest BCUT2D eigenvalue weighted by Gasteiger charge is 2.38. The molecule has 0 radical (unpaired) electrons. The van der Waals surface area contributed by atoms with Crippen molar-refractivity contribution >= 4 is 17.3 Å². The van der Waals surface area contributed by atoms with Crippen LogP contribution in [0.25, 0.3) is 0 Å². The minimum atomic E-state index is -4.43. The first-order valence-corrected chi connectivity index (χ1v) is 8.86. The molecule has 1 aromatic heterocycles. The van der Waals surface area contributed by atoms with Crippen LogP contribution in [0, 0.1) is 6.92 Å². The van der Waals surface area contributed by atoms with Crippen LogP contribution in [-0.4, -0.2) is 28.6 Å². The second-order valence-corrected chi connectivity index (χ2v) is 7.23. The monoisotopic (exact) mass is 369 g/mol. The first-order chi connectivity index (χ1) is 11.8. The standard InChI is InChI=1S/C18H18F3NO2S/c1-11-8-15(25-10-11)16(22-7-3-6-14(22)17(23)24)12-4-2-5-13(9-12)18(19,20)21/h2,4-5,8-10,14,16H,3,6-7H2,1H3,(H,23,24). The van der Waals surface area contributed by atoms with Crippen LogP contribution in [0.5, 0.6) is 0 Å². The molecule has 3 nitrogen and oxygen atoms in total. The van der Waals surface area contributed by atoms with Gasteiger partial charge in [0.15, 0.2) is 0 Å². The zero-order valence-corrected chi connectivity index (χ0v) is 14.4. The fourth-order valence-electron chi connectivity index (χ4n) is 3.36. The Kier molecular flexibility index (Phi) is 4.88. The highest BCUT2D eigenvalue weighted by atomic mass is 32.1. The molecular weight excluding hydrogens is 351 g/mol. The molecule has 0 amide bonds. The van der Waals surface area contributed by atoms with Crippen molar-refractivity contribution in [2.75, 3.05) is 6.54 Å². The van der Waals surface area contributed by atoms with Crippen molar-refractivity contribution in [1.29, 1.82) is 0 Å². The van der Waals surface area contributed by atoms with Crippen molar-refractivity contribution in [3.8, 4) is 0 Å². The lowest BCUT2D eigenvalue weighted by Crippen LogP contribution is -2.39. The number of aryl methyl sites for hydroxylation is 1. The van der Waals surface area contributed by atoms with Gasteiger partial charge in [-0.2, -0.15) is 13.2 Å². The van der Waals surface area contributed by atoms with E-state index in [1.165, 1.54) is 17.4 Å². The second-order valence-electron chi connectivity index (χ2n) is 6.29. The maximum Gasteiger partial charge on any atom is 0.416 e. The van der Waals surface area contributed by atoms with Crippen molar-refractivity contribution in [3.63, 3.8) is 0 Å². The van der Waals surface area contributed by atoms with Gasteiger partial charge in [-0.05, 0) is 54.5 Å². The number of carboxylic acids is 1. The summed E-state index contributed by atoms with van der Waals surface area (Å²) in [4.78, 5) is 14.3. The largest absolute Gasteiger partial charge is 0.480 e. The van der Waals surface area contributed by atoms with E-state index in [0.717, 1.165) is 29.0 Å². The highest BCUT2D eigenvalue weighted by molar-refractivity contribution is 7.10. The lowest BCUT2D eigenvalue weighted by molar-refractivity contribution is -0.143. The number of thiophene rings is 1. The molecule has 0 saturated carbocycles. The zero-order valence-electron chi connectivity index (χ0n) is 13.6. The Bertz CT molecular complexity index is 772. The van der Waals surface area contributed by atoms with E-state index in [1.54, 1.807) is 6.07 Å². The van der Waals surface area contributed by atoms with Gasteiger partial charge in [0.25, 0.3) is 0 Å². The molecule has 0 spiro atoms. The van der Waals surface area contributed by atoms with Crippen molar-refractivity contribution in [1.82, 2.24) is 4.90 Å². The Morgan fingerprint density at radius 2 is 2.12 bits per heavy atom. The molecule has 1 aliphatic heterocycles. The fourth-order valence-corrected chi connectivity index (χ4v) is 4.41. The van der Waals surface area contributed by atoms with Gasteiger partial charge in [0.1, 0.15) is 6.04 Å². The average Bonchev–Trinajstić information content (AvgIpc) is 3.17. The molecule has 3 rings (SSSR count). The van der Waals surface area contributed by atoms with E-state index >= 15 is 0 Å². The maximum atomic E-state index is 13.1. The third kappa shape index (κ3) is 3.72. The van der Waals surface area contributed by atoms with Crippen molar-refractivity contribution in [3.05, 3.63) is 57.3 Å². The first kappa shape index (κ1) is 17.9. The molecule has 1 aliphatic rings. The summed E-state index contributed by atoms with van der Waals surface area (Å²) < 4.78 is 39.3. The zero-order chi connectivity index (χ0) is 18.2. The van der Waals surface area contributed by atoms with Crippen molar-refractivity contribution in [2.45, 2.75) is 38.0 Å². The number of nitrogens with zero attached hydrogens (tertiary/aromatic N) is 1. The van der Waals surface area contributed by atoms with E-state index in [-0.39, 0.29) is 0 Å². The van der Waals surface area contributed by atoms with Crippen molar-refractivity contribution in [2.24, 2.45) is 0 Å². The summed E-state index contributed by atoms with van der Waals surface area (Å²) in [6, 6.07) is 5.97. The van der Waals surface area contributed by atoms with Crippen molar-refractivity contribution < 1.29 is 23.1 Å². The lowest BCUT2D eigenvalue weighted by Gasteiger charge is -2.31. The summed E-state index contributed by atoms with van der Waals surface area (Å²) in [5.74, 6) is -0.928. The van der Waals surface area contributed by atoms with Gasteiger partial charge in [0.05, 0.1) is 11.6 Å². The third-order valence-corrected chi connectivity index (χ3v) is 5.56. The summed E-state index contributed by atoms with van der Waals surface area (Å²) in [6.07, 6.45) is -3.20. The number of rotatable bonds is 4. The number of benzene rings is 1. The summed E-state index contributed by atoms with van der Waals surface area (Å²) in [5.41, 5.74) is 0.780. The lowest BCUT2D eigenvalue weighted by atomic mass is 9.99. The smallest absolute Gasteiger partial charge is 0.416 e. The van der Waals surface area contributed by atoms with Crippen LogP contribution in [0.2, 0.25) is 0 Å². The van der Waals surface area contributed by atoms with Crippen LogP contribution in [0.1, 0.15) is 40.5 Å². The molecule has 25 heavy (non-hydrogen) atoms. The summed E-state index contributed by atoms with van der Waals surface area (Å²) in [6.45, 7) is 2.47. The van der Waals surface area contributed by atoms with E-state index in [1.807, 2.05) is 23.3 Å². The Morgan fingerprint density at radius 3 is 2.72 bits per heavy atom. The molecule has 2 aromatic rings. The van der Waals surface area contributed by atoms with Gasteiger partial charge in [-0.15, -0.1) is 11.3 Å². The molecule has 2 unspecified atom stereocenters. The van der Waals surface area contributed by atoms with Gasteiger partial charge >= 0.3 is 12.1 Å². The normalized spacial score (nSPS) is 19.9. The molecule has 7 heteroatoms. The second kappa shape index (κ2) is 6.80. The molecule has 2 atom stereocenters. The summed E-state index contributed by atoms with van der Waals surface area (Å²) in [7, 11) is 0. The molecule has 0 aliphatic carbocycles. The number of halogens is 3. The molecule has 1 aromatic carbocycles. The Hall–Kier alpha value is -1.86. The Morgan fingerprint density at radius 1 is 1.36 bits per heavy atom. The van der Waals surface area contributed by atoms with Crippen LogP contribution in [-0.2, 0) is 11.0 Å². The molecule has 0 bridgehead atoms. The fraction of sp³-hybridized carbons (Fsp3) is 0.389. The number of hydrogen-bond donors (Lipinski definition) is 1. The number of carboxylic acid groups (broad SMARTS) is 1. The van der Waals surface area contributed by atoms with Gasteiger partial charge in [-0.3, -0.25) is 9.69 Å². The molecule has 1 N–H and O–H groups in total. The number of aliphatic carboxylic acids is 1. The van der Waals surface area contributed by atoms with Gasteiger partial charge in [0, 0.05) is 11.4 Å². The molecule has 134 valence electrons. The molecule has 1 fully saturated rings. The van der Waals surface area contributed by atoms with Gasteiger partial charge in [-0.25, -0.2) is 0 Å². The number of likely N-dealkylation sites (tertiary alicyclic amines) is 1. The third-order valence-electron chi connectivity index (χ3n) is 4.46. The Balaban J connectivity index is 2.08. The van der Waals surface area contributed by atoms with Gasteiger partial charge < -0.3 is 5.11 Å². The highest BCUT2D eigenvalue weighted by Crippen LogP contribution is 2.39. The predicted octanol–water partition coefficient (Wildman–Crippen LogP) is 4.71. The molecular formula is C18H18F3NO2S. The minimum Gasteiger partial charge on any atom is -0.480 e. The topological polar surface area (TPSA) is 40.5 Å². The summed E-state index contributed by atoms with van der Waals surface area (Å²) >= 11 is 1.45. The molecule has 2 heterocycles. The van der Waals surface area contributed by atoms with Crippen LogP contribution in [0.3, 0.4) is 0 Å². The van der Waals surface area contributed by atoms with E-state index in [9.17, 15) is 23.1 Å². The number of carbonyl (C=O) groups is 1. The summed E-state index contributed by atoms with van der Waals surface area (Å²) in [5, 5.41) is 11.4. The van der Waals surface area contributed by atoms with E-state index in [0.29, 0.717) is 18.5 Å². The first-order valence-electron chi connectivity index (χ1n) is 7.98.